The lowest BCUT2D eigenvalue weighted by atomic mass is 9.98. The topological polar surface area (TPSA) is 112 Å². The van der Waals surface area contributed by atoms with E-state index in [2.05, 4.69) is 12.1 Å². The van der Waals surface area contributed by atoms with Crippen LogP contribution in [0.5, 0.6) is 0 Å². The van der Waals surface area contributed by atoms with Crippen LogP contribution >= 0.6 is 0 Å². The van der Waals surface area contributed by atoms with E-state index in [9.17, 15) is 19.2 Å². The normalized spacial score (nSPS) is 12.8. The number of anilines is 1. The van der Waals surface area contributed by atoms with Crippen molar-refractivity contribution < 1.29 is 38.1 Å². The quantitative estimate of drug-likeness (QED) is 0.160. The average molecular weight is 631 g/mol. The molecule has 0 aromatic heterocycles. The van der Waals surface area contributed by atoms with Gasteiger partial charge in [-0.2, -0.15) is 5.01 Å². The van der Waals surface area contributed by atoms with E-state index in [1.54, 1.807) is 62.3 Å². The second kappa shape index (κ2) is 12.9. The summed E-state index contributed by atoms with van der Waals surface area (Å²) in [7, 11) is 0. The van der Waals surface area contributed by atoms with Crippen molar-refractivity contribution in [1.82, 2.24) is 5.01 Å². The van der Waals surface area contributed by atoms with E-state index >= 15 is 0 Å². The van der Waals surface area contributed by atoms with Crippen molar-refractivity contribution >= 4 is 29.9 Å². The number of esters is 1. The van der Waals surface area contributed by atoms with E-state index < -0.39 is 41.1 Å². The van der Waals surface area contributed by atoms with Crippen LogP contribution in [-0.4, -0.2) is 52.7 Å². The number of amides is 3. The molecule has 3 aromatic rings. The zero-order valence-electron chi connectivity index (χ0n) is 27.9. The minimum absolute atomic E-state index is 0.0427. The fourth-order valence-electron chi connectivity index (χ4n) is 4.88. The van der Waals surface area contributed by atoms with Gasteiger partial charge in [-0.3, -0.25) is 0 Å². The Balaban J connectivity index is 1.62. The molecule has 46 heavy (non-hydrogen) atoms. The number of ether oxygens (including phenoxy) is 4. The van der Waals surface area contributed by atoms with Gasteiger partial charge in [-0.1, -0.05) is 48.5 Å². The Hall–Kier alpha value is -4.86. The molecule has 0 saturated heterocycles. The van der Waals surface area contributed by atoms with Gasteiger partial charge in [0.1, 0.15) is 23.4 Å². The van der Waals surface area contributed by atoms with Gasteiger partial charge in [0.15, 0.2) is 0 Å². The molecule has 0 heterocycles. The van der Waals surface area contributed by atoms with Crippen molar-refractivity contribution in [3.63, 3.8) is 0 Å². The first kappa shape index (κ1) is 34.0. The predicted octanol–water partition coefficient (Wildman–Crippen LogP) is 8.48. The molecule has 0 fully saturated rings. The number of hydrogen-bond donors (Lipinski definition) is 0. The molecule has 0 saturated carbocycles. The third-order valence-corrected chi connectivity index (χ3v) is 6.59. The van der Waals surface area contributed by atoms with Crippen LogP contribution in [0, 0.1) is 0 Å². The number of fused-ring (bicyclic) bond motifs is 3. The maximum atomic E-state index is 13.6. The zero-order chi connectivity index (χ0) is 34.0. The summed E-state index contributed by atoms with van der Waals surface area (Å²) in [5, 5.41) is 1.18. The molecule has 0 bridgehead atoms. The molecule has 0 aliphatic heterocycles. The summed E-state index contributed by atoms with van der Waals surface area (Å²) in [4.78, 5) is 53.6. The van der Waals surface area contributed by atoms with Gasteiger partial charge in [0.2, 0.25) is 0 Å². The maximum absolute atomic E-state index is 13.6. The molecule has 3 amide bonds. The Morgan fingerprint density at radius 1 is 0.587 bits per heavy atom. The minimum Gasteiger partial charge on any atom is -0.461 e. The summed E-state index contributed by atoms with van der Waals surface area (Å²) in [6.07, 6.45) is -3.36. The molecule has 0 atom stereocenters. The summed E-state index contributed by atoms with van der Waals surface area (Å²) in [5.41, 5.74) is 1.65. The van der Waals surface area contributed by atoms with E-state index in [4.69, 9.17) is 18.9 Å². The van der Waals surface area contributed by atoms with Gasteiger partial charge < -0.3 is 18.9 Å². The summed E-state index contributed by atoms with van der Waals surface area (Å²) in [5.74, 6) is -0.692. The standard InChI is InChI=1S/C36H42N2O8/c1-34(2,3)44-31(40)37(38(32(41)45-35(4,5)6)33(42)46-36(7,8)9)24-20-18-23(19-21-24)30(39)43-22-29-27-16-12-10-14-25(27)26-15-11-13-17-28(26)29/h10-21,29H,22H2,1-9H3. The molecule has 0 N–H and O–H groups in total. The first-order valence-corrected chi connectivity index (χ1v) is 15.1. The number of carbonyl (C=O) groups is 4. The first-order chi connectivity index (χ1) is 21.3. The monoisotopic (exact) mass is 630 g/mol. The Morgan fingerprint density at radius 2 is 1.00 bits per heavy atom. The molecule has 10 nitrogen and oxygen atoms in total. The zero-order valence-corrected chi connectivity index (χ0v) is 27.9. The number of hydrazine groups is 1. The summed E-state index contributed by atoms with van der Waals surface area (Å²) < 4.78 is 22.3. The van der Waals surface area contributed by atoms with Crippen LogP contribution < -0.4 is 5.01 Å². The maximum Gasteiger partial charge on any atom is 0.440 e. The second-order valence-electron chi connectivity index (χ2n) is 13.9. The number of imide groups is 1. The van der Waals surface area contributed by atoms with E-state index in [1.165, 1.54) is 24.3 Å². The highest BCUT2D eigenvalue weighted by molar-refractivity contribution is 6.00. The third kappa shape index (κ3) is 8.24. The van der Waals surface area contributed by atoms with Gasteiger partial charge in [-0.25, -0.2) is 19.2 Å². The summed E-state index contributed by atoms with van der Waals surface area (Å²) >= 11 is 0. The SMILES string of the molecule is CC(C)(C)OC(=O)N(C(=O)OC(C)(C)C)N(C(=O)OC(C)(C)C)c1ccc(C(=O)OCC2c3ccccc3-c3ccccc32)cc1. The van der Waals surface area contributed by atoms with Crippen LogP contribution in [0.2, 0.25) is 0 Å². The fourth-order valence-corrected chi connectivity index (χ4v) is 4.88. The van der Waals surface area contributed by atoms with Crippen molar-refractivity contribution in [3.05, 3.63) is 89.5 Å². The molecule has 0 spiro atoms. The van der Waals surface area contributed by atoms with Gasteiger partial charge in [0, 0.05) is 5.92 Å². The van der Waals surface area contributed by atoms with Crippen molar-refractivity contribution in [3.8, 4) is 11.1 Å². The summed E-state index contributed by atoms with van der Waals surface area (Å²) in [6.45, 7) is 14.8. The molecule has 244 valence electrons. The second-order valence-corrected chi connectivity index (χ2v) is 13.9. The minimum atomic E-state index is -1.16. The van der Waals surface area contributed by atoms with Crippen LogP contribution in [0.25, 0.3) is 11.1 Å². The number of rotatable bonds is 4. The van der Waals surface area contributed by atoms with Crippen molar-refractivity contribution in [1.29, 1.82) is 0 Å². The fraction of sp³-hybridized carbons (Fsp3) is 0.389. The van der Waals surface area contributed by atoms with E-state index in [-0.39, 0.29) is 23.8 Å². The Morgan fingerprint density at radius 3 is 1.43 bits per heavy atom. The Kier molecular flexibility index (Phi) is 9.51. The van der Waals surface area contributed by atoms with Crippen LogP contribution in [0.15, 0.2) is 72.8 Å². The Bertz CT molecular complexity index is 1540. The molecule has 1 aliphatic rings. The van der Waals surface area contributed by atoms with E-state index in [0.717, 1.165) is 27.3 Å². The highest BCUT2D eigenvalue weighted by atomic mass is 16.6. The van der Waals surface area contributed by atoms with Crippen molar-refractivity contribution in [2.24, 2.45) is 0 Å². The van der Waals surface area contributed by atoms with Gasteiger partial charge in [0.05, 0.1) is 11.3 Å². The van der Waals surface area contributed by atoms with Crippen molar-refractivity contribution in [2.75, 3.05) is 11.6 Å². The molecule has 1 aliphatic carbocycles. The smallest absolute Gasteiger partial charge is 0.440 e. The van der Waals surface area contributed by atoms with Gasteiger partial charge >= 0.3 is 24.2 Å². The van der Waals surface area contributed by atoms with Crippen LogP contribution in [-0.2, 0) is 18.9 Å². The van der Waals surface area contributed by atoms with Crippen LogP contribution in [0.3, 0.4) is 0 Å². The van der Waals surface area contributed by atoms with Crippen molar-refractivity contribution in [2.45, 2.75) is 85.0 Å². The third-order valence-electron chi connectivity index (χ3n) is 6.59. The van der Waals surface area contributed by atoms with Gasteiger partial charge in [-0.15, -0.1) is 5.01 Å². The highest BCUT2D eigenvalue weighted by Gasteiger charge is 2.41. The Labute approximate surface area is 270 Å². The molecule has 3 aromatic carbocycles. The number of nitrogens with zero attached hydrogens (tertiary/aromatic N) is 2. The average Bonchev–Trinajstić information content (AvgIpc) is 3.25. The molecule has 10 heteroatoms. The number of benzene rings is 3. The van der Waals surface area contributed by atoms with E-state index in [1.807, 2.05) is 36.4 Å². The predicted molar refractivity (Wildman–Crippen MR) is 173 cm³/mol. The molecule has 0 radical (unpaired) electrons. The largest absolute Gasteiger partial charge is 0.461 e. The van der Waals surface area contributed by atoms with Gasteiger partial charge in [-0.05, 0) is 109 Å². The lowest BCUT2D eigenvalue weighted by molar-refractivity contribution is -0.00670. The first-order valence-electron chi connectivity index (χ1n) is 15.1. The summed E-state index contributed by atoms with van der Waals surface area (Å²) in [6, 6.07) is 21.8. The molecule has 0 unspecified atom stereocenters. The van der Waals surface area contributed by atoms with Gasteiger partial charge in [0.25, 0.3) is 0 Å². The molecular formula is C36H42N2O8. The highest BCUT2D eigenvalue weighted by Crippen LogP contribution is 2.44. The lowest BCUT2D eigenvalue weighted by Crippen LogP contribution is -2.56. The van der Waals surface area contributed by atoms with Crippen LogP contribution in [0.4, 0.5) is 20.1 Å². The van der Waals surface area contributed by atoms with E-state index in [0.29, 0.717) is 5.01 Å². The molecule has 4 rings (SSSR count). The van der Waals surface area contributed by atoms with Crippen LogP contribution in [0.1, 0.15) is 89.7 Å². The molecular weight excluding hydrogens is 588 g/mol. The number of hydrogen-bond acceptors (Lipinski definition) is 8. The lowest BCUT2D eigenvalue weighted by Gasteiger charge is -2.35. The number of carbonyl (C=O) groups excluding carboxylic acids is 4.